The Morgan fingerprint density at radius 3 is 2.33 bits per heavy atom. The van der Waals surface area contributed by atoms with Gasteiger partial charge >= 0.3 is 0 Å². The second-order valence-corrected chi connectivity index (χ2v) is 5.28. The monoisotopic (exact) mass is 338 g/mol. The highest BCUT2D eigenvalue weighted by Crippen LogP contribution is 2.33. The summed E-state index contributed by atoms with van der Waals surface area (Å²) in [5, 5.41) is 9.96. The third-order valence-corrected chi connectivity index (χ3v) is 4.41. The Hall–Kier alpha value is 0.200. The summed E-state index contributed by atoms with van der Waals surface area (Å²) in [6.07, 6.45) is 2.45. The van der Waals surface area contributed by atoms with Crippen LogP contribution in [-0.2, 0) is 0 Å². The molecule has 15 heavy (non-hydrogen) atoms. The molecule has 1 unspecified atom stereocenters. The number of furan rings is 1. The number of halogens is 2. The number of aliphatic hydroxyl groups excluding tert-OH is 1. The Labute approximate surface area is 107 Å². The predicted octanol–water partition coefficient (Wildman–Crippen LogP) is 4.66. The maximum absolute atomic E-state index is 9.96. The molecule has 2 nitrogen and oxygen atoms in total. The predicted molar refractivity (Wildman–Crippen MR) is 67.8 cm³/mol. The molecule has 0 fully saturated rings. The average Bonchev–Trinajstić information content (AvgIpc) is 2.55. The number of aliphatic hydroxyl groups is 1. The van der Waals surface area contributed by atoms with Crippen LogP contribution in [0.4, 0.5) is 0 Å². The zero-order valence-electron chi connectivity index (χ0n) is 8.96. The first-order chi connectivity index (χ1) is 7.08. The highest BCUT2D eigenvalue weighted by molar-refractivity contribution is 9.13. The van der Waals surface area contributed by atoms with Crippen LogP contribution in [-0.4, -0.2) is 5.11 Å². The van der Waals surface area contributed by atoms with E-state index in [0.717, 1.165) is 23.7 Å². The van der Waals surface area contributed by atoms with Crippen LogP contribution in [0.25, 0.3) is 0 Å². The van der Waals surface area contributed by atoms with Gasteiger partial charge in [-0.2, -0.15) is 0 Å². The number of rotatable bonds is 5. The minimum atomic E-state index is -0.502. The molecule has 1 atom stereocenters. The molecule has 1 aromatic rings. The van der Waals surface area contributed by atoms with E-state index in [-0.39, 0.29) is 0 Å². The standard InChI is InChI=1S/C11H16Br2O2/c1-3-7(4-2)5-9(14)10-6-8(12)11(13)15-10/h6-7,9,14H,3-5H2,1-2H3. The minimum Gasteiger partial charge on any atom is -0.450 e. The third-order valence-electron chi connectivity index (χ3n) is 2.70. The van der Waals surface area contributed by atoms with E-state index in [1.165, 1.54) is 0 Å². The van der Waals surface area contributed by atoms with Gasteiger partial charge in [0.1, 0.15) is 11.9 Å². The molecule has 0 saturated carbocycles. The van der Waals surface area contributed by atoms with Gasteiger partial charge in [-0.15, -0.1) is 0 Å². The van der Waals surface area contributed by atoms with Crippen molar-refractivity contribution in [1.82, 2.24) is 0 Å². The number of hydrogen-bond donors (Lipinski definition) is 1. The molecule has 0 radical (unpaired) electrons. The van der Waals surface area contributed by atoms with Crippen LogP contribution >= 0.6 is 31.9 Å². The lowest BCUT2D eigenvalue weighted by atomic mass is 9.95. The van der Waals surface area contributed by atoms with Crippen molar-refractivity contribution in [1.29, 1.82) is 0 Å². The van der Waals surface area contributed by atoms with Crippen LogP contribution in [0, 0.1) is 5.92 Å². The van der Waals surface area contributed by atoms with Crippen LogP contribution in [0.2, 0.25) is 0 Å². The molecule has 1 aromatic heterocycles. The lowest BCUT2D eigenvalue weighted by Crippen LogP contribution is -2.05. The SMILES string of the molecule is CCC(CC)CC(O)c1cc(Br)c(Br)o1. The van der Waals surface area contributed by atoms with E-state index in [9.17, 15) is 5.11 Å². The van der Waals surface area contributed by atoms with Crippen molar-refractivity contribution in [3.8, 4) is 0 Å². The Morgan fingerprint density at radius 1 is 1.33 bits per heavy atom. The fourth-order valence-corrected chi connectivity index (χ4v) is 2.19. The Kier molecular flexibility index (Phi) is 5.36. The first-order valence-electron chi connectivity index (χ1n) is 5.21. The zero-order chi connectivity index (χ0) is 11.4. The summed E-state index contributed by atoms with van der Waals surface area (Å²) in [7, 11) is 0. The van der Waals surface area contributed by atoms with Crippen LogP contribution < -0.4 is 0 Å². The molecule has 0 spiro atoms. The quantitative estimate of drug-likeness (QED) is 0.846. The molecule has 86 valence electrons. The molecular weight excluding hydrogens is 324 g/mol. The lowest BCUT2D eigenvalue weighted by Gasteiger charge is -2.15. The third kappa shape index (κ3) is 3.61. The van der Waals surface area contributed by atoms with Gasteiger partial charge in [0.25, 0.3) is 0 Å². The zero-order valence-corrected chi connectivity index (χ0v) is 12.1. The van der Waals surface area contributed by atoms with Crippen LogP contribution in [0.15, 0.2) is 19.6 Å². The minimum absolute atomic E-state index is 0.502. The first kappa shape index (κ1) is 13.3. The van der Waals surface area contributed by atoms with E-state index in [1.54, 1.807) is 0 Å². The van der Waals surface area contributed by atoms with E-state index in [0.29, 0.717) is 16.3 Å². The summed E-state index contributed by atoms with van der Waals surface area (Å²) >= 11 is 6.59. The summed E-state index contributed by atoms with van der Waals surface area (Å²) in [5.74, 6) is 1.18. The molecular formula is C11H16Br2O2. The lowest BCUT2D eigenvalue weighted by molar-refractivity contribution is 0.116. The van der Waals surface area contributed by atoms with Crippen LogP contribution in [0.1, 0.15) is 45.0 Å². The van der Waals surface area contributed by atoms with Crippen molar-refractivity contribution in [3.05, 3.63) is 21.0 Å². The van der Waals surface area contributed by atoms with Crippen LogP contribution in [0.5, 0.6) is 0 Å². The van der Waals surface area contributed by atoms with Gasteiger partial charge in [0, 0.05) is 0 Å². The van der Waals surface area contributed by atoms with E-state index >= 15 is 0 Å². The van der Waals surface area contributed by atoms with Gasteiger partial charge in [-0.05, 0) is 50.3 Å². The molecule has 0 aromatic carbocycles. The molecule has 4 heteroatoms. The van der Waals surface area contributed by atoms with Gasteiger partial charge < -0.3 is 9.52 Å². The van der Waals surface area contributed by atoms with Gasteiger partial charge in [0.05, 0.1) is 4.47 Å². The molecule has 0 bridgehead atoms. The molecule has 0 aliphatic rings. The van der Waals surface area contributed by atoms with E-state index < -0.39 is 6.10 Å². The normalized spacial score (nSPS) is 13.5. The maximum Gasteiger partial charge on any atom is 0.183 e. The molecule has 0 aliphatic heterocycles. The Balaban J connectivity index is 2.64. The van der Waals surface area contributed by atoms with Gasteiger partial charge in [-0.3, -0.25) is 0 Å². The maximum atomic E-state index is 9.96. The van der Waals surface area contributed by atoms with E-state index in [4.69, 9.17) is 4.42 Å². The average molecular weight is 340 g/mol. The summed E-state index contributed by atoms with van der Waals surface area (Å²) in [6.45, 7) is 4.30. The summed E-state index contributed by atoms with van der Waals surface area (Å²) in [4.78, 5) is 0. The smallest absolute Gasteiger partial charge is 0.183 e. The highest BCUT2D eigenvalue weighted by Gasteiger charge is 2.18. The van der Waals surface area contributed by atoms with E-state index in [2.05, 4.69) is 45.7 Å². The molecule has 0 amide bonds. The van der Waals surface area contributed by atoms with Gasteiger partial charge in [0.2, 0.25) is 0 Å². The summed E-state index contributed by atoms with van der Waals surface area (Å²) in [5.41, 5.74) is 0. The highest BCUT2D eigenvalue weighted by atomic mass is 79.9. The van der Waals surface area contributed by atoms with Crippen molar-refractivity contribution in [2.24, 2.45) is 5.92 Å². The van der Waals surface area contributed by atoms with Crippen LogP contribution in [0.3, 0.4) is 0 Å². The van der Waals surface area contributed by atoms with E-state index in [1.807, 2.05) is 6.07 Å². The van der Waals surface area contributed by atoms with Crippen molar-refractivity contribution in [2.45, 2.75) is 39.2 Å². The largest absolute Gasteiger partial charge is 0.450 e. The summed E-state index contributed by atoms with van der Waals surface area (Å²) in [6, 6.07) is 1.82. The fourth-order valence-electron chi connectivity index (χ4n) is 1.58. The molecule has 0 saturated heterocycles. The molecule has 0 aliphatic carbocycles. The second-order valence-electron chi connectivity index (χ2n) is 3.70. The number of hydrogen-bond acceptors (Lipinski definition) is 2. The van der Waals surface area contributed by atoms with Crippen molar-refractivity contribution >= 4 is 31.9 Å². The van der Waals surface area contributed by atoms with Crippen molar-refractivity contribution in [3.63, 3.8) is 0 Å². The summed E-state index contributed by atoms with van der Waals surface area (Å²) < 4.78 is 6.87. The molecule has 1 rings (SSSR count). The molecule has 1 N–H and O–H groups in total. The molecule has 1 heterocycles. The first-order valence-corrected chi connectivity index (χ1v) is 6.79. The second kappa shape index (κ2) is 6.06. The van der Waals surface area contributed by atoms with Crippen molar-refractivity contribution in [2.75, 3.05) is 0 Å². The van der Waals surface area contributed by atoms with Gasteiger partial charge in [-0.25, -0.2) is 0 Å². The van der Waals surface area contributed by atoms with Gasteiger partial charge in [-0.1, -0.05) is 26.7 Å². The van der Waals surface area contributed by atoms with Gasteiger partial charge in [0.15, 0.2) is 4.67 Å². The van der Waals surface area contributed by atoms with Crippen molar-refractivity contribution < 1.29 is 9.52 Å². The fraction of sp³-hybridized carbons (Fsp3) is 0.636. The topological polar surface area (TPSA) is 33.4 Å². The Bertz CT molecular complexity index is 286. The Morgan fingerprint density at radius 2 is 1.93 bits per heavy atom.